The molecule has 2 aliphatic heterocycles. The molecule has 2 fully saturated rings. The van der Waals surface area contributed by atoms with E-state index in [-0.39, 0.29) is 6.29 Å². The molecule has 3 unspecified atom stereocenters. The van der Waals surface area contributed by atoms with E-state index in [0.717, 1.165) is 19.6 Å². The highest BCUT2D eigenvalue weighted by atomic mass is 16.7. The SMILES string of the molecule is CC(CC1OCC(C[N+]2(C)CCCCC2)O1)CC(C)(C)C. The Morgan fingerprint density at radius 3 is 2.43 bits per heavy atom. The van der Waals surface area contributed by atoms with Crippen LogP contribution >= 0.6 is 0 Å². The molecule has 0 aromatic rings. The Morgan fingerprint density at radius 1 is 1.14 bits per heavy atom. The molecule has 124 valence electrons. The van der Waals surface area contributed by atoms with Gasteiger partial charge in [0.1, 0.15) is 12.6 Å². The minimum Gasteiger partial charge on any atom is -0.350 e. The van der Waals surface area contributed by atoms with Gasteiger partial charge >= 0.3 is 0 Å². The normalized spacial score (nSPS) is 31.3. The van der Waals surface area contributed by atoms with Gasteiger partial charge < -0.3 is 14.0 Å². The lowest BCUT2D eigenvalue weighted by molar-refractivity contribution is -0.916. The van der Waals surface area contributed by atoms with Crippen molar-refractivity contribution in [2.75, 3.05) is 33.3 Å². The van der Waals surface area contributed by atoms with Crippen LogP contribution in [0.1, 0.15) is 59.8 Å². The zero-order valence-electron chi connectivity index (χ0n) is 14.9. The minimum atomic E-state index is 0.0312. The summed E-state index contributed by atoms with van der Waals surface area (Å²) in [5.41, 5.74) is 0.393. The molecule has 21 heavy (non-hydrogen) atoms. The zero-order valence-corrected chi connectivity index (χ0v) is 14.9. The van der Waals surface area contributed by atoms with Gasteiger partial charge in [0.15, 0.2) is 6.29 Å². The maximum atomic E-state index is 6.18. The van der Waals surface area contributed by atoms with Gasteiger partial charge in [-0.3, -0.25) is 0 Å². The van der Waals surface area contributed by atoms with Crippen LogP contribution in [0.3, 0.4) is 0 Å². The minimum absolute atomic E-state index is 0.0312. The van der Waals surface area contributed by atoms with Crippen molar-refractivity contribution in [3.05, 3.63) is 0 Å². The van der Waals surface area contributed by atoms with Crippen LogP contribution in [-0.2, 0) is 9.47 Å². The Kier molecular flexibility index (Phi) is 5.72. The summed E-state index contributed by atoms with van der Waals surface area (Å²) in [4.78, 5) is 0. The second-order valence-corrected chi connectivity index (χ2v) is 8.94. The summed E-state index contributed by atoms with van der Waals surface area (Å²) < 4.78 is 13.3. The van der Waals surface area contributed by atoms with Crippen LogP contribution in [0.25, 0.3) is 0 Å². The summed E-state index contributed by atoms with van der Waals surface area (Å²) in [5.74, 6) is 0.661. The summed E-state index contributed by atoms with van der Waals surface area (Å²) >= 11 is 0. The quantitative estimate of drug-likeness (QED) is 0.718. The largest absolute Gasteiger partial charge is 0.350 e. The molecule has 3 atom stereocenters. The number of quaternary nitrogens is 1. The Hall–Kier alpha value is -0.120. The van der Waals surface area contributed by atoms with Crippen LogP contribution in [-0.4, -0.2) is 50.2 Å². The van der Waals surface area contributed by atoms with E-state index in [1.165, 1.54) is 43.3 Å². The third kappa shape index (κ3) is 5.88. The topological polar surface area (TPSA) is 18.5 Å². The molecule has 0 aromatic carbocycles. The number of ether oxygens (including phenoxy) is 2. The molecule has 0 saturated carbocycles. The van der Waals surface area contributed by atoms with Crippen LogP contribution in [0.5, 0.6) is 0 Å². The number of hydrogen-bond acceptors (Lipinski definition) is 2. The van der Waals surface area contributed by atoms with Crippen LogP contribution < -0.4 is 0 Å². The van der Waals surface area contributed by atoms with Gasteiger partial charge in [-0.2, -0.15) is 0 Å². The van der Waals surface area contributed by atoms with E-state index in [1.54, 1.807) is 0 Å². The van der Waals surface area contributed by atoms with E-state index in [2.05, 4.69) is 34.7 Å². The average molecular weight is 298 g/mol. The summed E-state index contributed by atoms with van der Waals surface area (Å²) in [5, 5.41) is 0. The molecule has 2 saturated heterocycles. The molecule has 2 heterocycles. The highest BCUT2D eigenvalue weighted by Crippen LogP contribution is 2.29. The van der Waals surface area contributed by atoms with Crippen LogP contribution in [0.4, 0.5) is 0 Å². The number of likely N-dealkylation sites (N-methyl/N-ethyl adjacent to an activating group) is 1. The van der Waals surface area contributed by atoms with Crippen molar-refractivity contribution in [2.45, 2.75) is 72.2 Å². The lowest BCUT2D eigenvalue weighted by Gasteiger charge is -2.39. The van der Waals surface area contributed by atoms with Crippen molar-refractivity contribution in [3.63, 3.8) is 0 Å². The van der Waals surface area contributed by atoms with E-state index in [4.69, 9.17) is 9.47 Å². The number of hydrogen-bond donors (Lipinski definition) is 0. The van der Waals surface area contributed by atoms with Gasteiger partial charge in [-0.05, 0) is 37.0 Å². The van der Waals surface area contributed by atoms with E-state index in [1.807, 2.05) is 0 Å². The third-order valence-electron chi connectivity index (χ3n) is 4.91. The maximum Gasteiger partial charge on any atom is 0.158 e. The first-order valence-electron chi connectivity index (χ1n) is 8.86. The van der Waals surface area contributed by atoms with E-state index in [9.17, 15) is 0 Å². The molecular weight excluding hydrogens is 262 g/mol. The lowest BCUT2D eigenvalue weighted by atomic mass is 9.84. The molecule has 0 bridgehead atoms. The number of rotatable bonds is 5. The molecule has 3 nitrogen and oxygen atoms in total. The number of nitrogens with zero attached hydrogens (tertiary/aromatic N) is 1. The van der Waals surface area contributed by atoms with Crippen molar-refractivity contribution >= 4 is 0 Å². The predicted molar refractivity (Wildman–Crippen MR) is 87.1 cm³/mol. The van der Waals surface area contributed by atoms with Crippen LogP contribution in [0, 0.1) is 11.3 Å². The van der Waals surface area contributed by atoms with Gasteiger partial charge in [0.25, 0.3) is 0 Å². The molecule has 0 radical (unpaired) electrons. The molecule has 0 aromatic heterocycles. The highest BCUT2D eigenvalue weighted by molar-refractivity contribution is 4.72. The summed E-state index contributed by atoms with van der Waals surface area (Å²) in [7, 11) is 2.39. The van der Waals surface area contributed by atoms with Gasteiger partial charge in [-0.25, -0.2) is 0 Å². The Morgan fingerprint density at radius 2 is 1.81 bits per heavy atom. The predicted octanol–water partition coefficient (Wildman–Crippen LogP) is 3.82. The van der Waals surface area contributed by atoms with Crippen LogP contribution in [0.15, 0.2) is 0 Å². The van der Waals surface area contributed by atoms with E-state index < -0.39 is 0 Å². The molecule has 0 spiro atoms. The lowest BCUT2D eigenvalue weighted by Crippen LogP contribution is -2.52. The molecule has 2 aliphatic rings. The van der Waals surface area contributed by atoms with Crippen molar-refractivity contribution in [1.82, 2.24) is 0 Å². The first kappa shape index (κ1) is 17.2. The standard InChI is InChI=1S/C18H36NO2/c1-15(12-18(2,3)4)11-17-20-14-16(21-17)13-19(5)9-7-6-8-10-19/h15-17H,6-14H2,1-5H3/q+1. The van der Waals surface area contributed by atoms with E-state index >= 15 is 0 Å². The van der Waals surface area contributed by atoms with Gasteiger partial charge in [0, 0.05) is 6.42 Å². The Labute approximate surface area is 131 Å². The summed E-state index contributed by atoms with van der Waals surface area (Å²) in [6, 6.07) is 0. The summed E-state index contributed by atoms with van der Waals surface area (Å²) in [6.45, 7) is 13.8. The average Bonchev–Trinajstić information content (AvgIpc) is 2.73. The second kappa shape index (κ2) is 6.97. The zero-order chi connectivity index (χ0) is 15.5. The number of piperidine rings is 1. The fourth-order valence-electron chi connectivity index (χ4n) is 4.13. The van der Waals surface area contributed by atoms with Gasteiger partial charge in [-0.15, -0.1) is 0 Å². The number of likely N-dealkylation sites (tertiary alicyclic amines) is 1. The molecular formula is C18H36NO2+. The Balaban J connectivity index is 1.73. The van der Waals surface area contributed by atoms with Gasteiger partial charge in [-0.1, -0.05) is 27.7 Å². The van der Waals surface area contributed by atoms with Crippen LogP contribution in [0.2, 0.25) is 0 Å². The van der Waals surface area contributed by atoms with Gasteiger partial charge in [0.05, 0.1) is 26.7 Å². The molecule has 0 amide bonds. The highest BCUT2D eigenvalue weighted by Gasteiger charge is 2.35. The molecule has 2 rings (SSSR count). The second-order valence-electron chi connectivity index (χ2n) is 8.94. The fourth-order valence-corrected chi connectivity index (χ4v) is 4.13. The smallest absolute Gasteiger partial charge is 0.158 e. The molecule has 0 N–H and O–H groups in total. The first-order valence-corrected chi connectivity index (χ1v) is 8.86. The van der Waals surface area contributed by atoms with Crippen molar-refractivity contribution in [2.24, 2.45) is 11.3 Å². The van der Waals surface area contributed by atoms with Crippen molar-refractivity contribution < 1.29 is 14.0 Å². The third-order valence-corrected chi connectivity index (χ3v) is 4.91. The van der Waals surface area contributed by atoms with Crippen molar-refractivity contribution in [3.8, 4) is 0 Å². The van der Waals surface area contributed by atoms with E-state index in [0.29, 0.717) is 17.4 Å². The fraction of sp³-hybridized carbons (Fsp3) is 1.00. The summed E-state index contributed by atoms with van der Waals surface area (Å²) in [6.07, 6.45) is 6.75. The maximum absolute atomic E-state index is 6.18. The monoisotopic (exact) mass is 298 g/mol. The van der Waals surface area contributed by atoms with Gasteiger partial charge in [0.2, 0.25) is 0 Å². The van der Waals surface area contributed by atoms with Crippen molar-refractivity contribution in [1.29, 1.82) is 0 Å². The molecule has 0 aliphatic carbocycles. The molecule has 3 heteroatoms. The first-order chi connectivity index (χ1) is 9.76. The Bertz CT molecular complexity index is 318.